The minimum atomic E-state index is -0.217. The second kappa shape index (κ2) is 6.21. The Bertz CT molecular complexity index is 360. The number of rotatable bonds is 6. The van der Waals surface area contributed by atoms with Crippen LogP contribution in [0.2, 0.25) is 0 Å². The van der Waals surface area contributed by atoms with E-state index in [4.69, 9.17) is 10.3 Å². The zero-order valence-corrected chi connectivity index (χ0v) is 10.8. The van der Waals surface area contributed by atoms with Gasteiger partial charge < -0.3 is 10.3 Å². The Balaban J connectivity index is 1.82. The molecule has 0 aromatic carbocycles. The molecule has 0 amide bonds. The van der Waals surface area contributed by atoms with Gasteiger partial charge in [-0.3, -0.25) is 0 Å². The van der Waals surface area contributed by atoms with Gasteiger partial charge in [-0.05, 0) is 19.3 Å². The van der Waals surface area contributed by atoms with Crippen LogP contribution in [0.4, 0.5) is 0 Å². The van der Waals surface area contributed by atoms with E-state index in [1.165, 1.54) is 25.7 Å². The average Bonchev–Trinajstić information content (AvgIpc) is 2.98. The number of aromatic nitrogens is 2. The lowest BCUT2D eigenvalue weighted by Gasteiger charge is -2.05. The molecule has 1 aliphatic carbocycles. The van der Waals surface area contributed by atoms with Crippen LogP contribution in [0.25, 0.3) is 0 Å². The monoisotopic (exact) mass is 253 g/mol. The van der Waals surface area contributed by atoms with E-state index in [-0.39, 0.29) is 6.04 Å². The molecular formula is C12H19N3OS. The lowest BCUT2D eigenvalue weighted by Crippen LogP contribution is -2.09. The van der Waals surface area contributed by atoms with E-state index >= 15 is 0 Å². The maximum atomic E-state index is 5.86. The second-order valence-electron chi connectivity index (χ2n) is 4.40. The molecule has 1 heterocycles. The van der Waals surface area contributed by atoms with Crippen molar-refractivity contribution in [1.82, 2.24) is 10.1 Å². The summed E-state index contributed by atoms with van der Waals surface area (Å²) in [7, 11) is 0. The van der Waals surface area contributed by atoms with Crippen LogP contribution in [-0.2, 0) is 5.75 Å². The number of nitrogens with two attached hydrogens (primary N) is 1. The fraction of sp³-hybridized carbons (Fsp3) is 0.667. The molecule has 1 aromatic heterocycles. The van der Waals surface area contributed by atoms with Crippen LogP contribution in [0.1, 0.15) is 49.9 Å². The highest BCUT2D eigenvalue weighted by Gasteiger charge is 2.18. The van der Waals surface area contributed by atoms with Crippen molar-refractivity contribution in [2.75, 3.05) is 0 Å². The van der Waals surface area contributed by atoms with Crippen LogP contribution >= 0.6 is 11.8 Å². The van der Waals surface area contributed by atoms with Gasteiger partial charge in [0.25, 0.3) is 0 Å². The minimum absolute atomic E-state index is 0.217. The van der Waals surface area contributed by atoms with Gasteiger partial charge in [-0.25, -0.2) is 0 Å². The Morgan fingerprint density at radius 2 is 2.29 bits per heavy atom. The third-order valence-electron chi connectivity index (χ3n) is 2.97. The van der Waals surface area contributed by atoms with Gasteiger partial charge >= 0.3 is 0 Å². The fourth-order valence-electron chi connectivity index (χ4n) is 2.00. The van der Waals surface area contributed by atoms with Crippen molar-refractivity contribution in [1.29, 1.82) is 0 Å². The molecule has 0 spiro atoms. The summed E-state index contributed by atoms with van der Waals surface area (Å²) in [5.74, 6) is 2.11. The summed E-state index contributed by atoms with van der Waals surface area (Å²) in [4.78, 5) is 4.32. The number of thioether (sulfide) groups is 1. The molecule has 0 aliphatic heterocycles. The van der Waals surface area contributed by atoms with Gasteiger partial charge in [0.15, 0.2) is 5.82 Å². The van der Waals surface area contributed by atoms with Gasteiger partial charge in [0.2, 0.25) is 5.89 Å². The molecule has 1 aromatic rings. The molecule has 2 rings (SSSR count). The smallest absolute Gasteiger partial charge is 0.243 e. The van der Waals surface area contributed by atoms with Gasteiger partial charge in [-0.15, -0.1) is 6.58 Å². The quantitative estimate of drug-likeness (QED) is 0.790. The predicted octanol–water partition coefficient (Wildman–Crippen LogP) is 2.82. The van der Waals surface area contributed by atoms with Gasteiger partial charge in [0, 0.05) is 5.25 Å². The van der Waals surface area contributed by atoms with Crippen molar-refractivity contribution >= 4 is 11.8 Å². The number of hydrogen-bond donors (Lipinski definition) is 1. The zero-order valence-electron chi connectivity index (χ0n) is 9.97. The first-order chi connectivity index (χ1) is 8.29. The molecule has 2 N–H and O–H groups in total. The highest BCUT2D eigenvalue weighted by molar-refractivity contribution is 7.99. The van der Waals surface area contributed by atoms with Crippen LogP contribution in [0.15, 0.2) is 17.2 Å². The SMILES string of the molecule is C=CCC(N)c1nc(CSC2CCCC2)no1. The lowest BCUT2D eigenvalue weighted by atomic mass is 10.2. The highest BCUT2D eigenvalue weighted by atomic mass is 32.2. The largest absolute Gasteiger partial charge is 0.338 e. The molecule has 1 unspecified atom stereocenters. The van der Waals surface area contributed by atoms with E-state index in [1.54, 1.807) is 6.08 Å². The summed E-state index contributed by atoms with van der Waals surface area (Å²) in [5.41, 5.74) is 5.86. The van der Waals surface area contributed by atoms with Crippen LogP contribution in [0.5, 0.6) is 0 Å². The molecule has 4 nitrogen and oxygen atoms in total. The Kier molecular flexibility index (Phi) is 4.62. The molecule has 1 fully saturated rings. The molecule has 1 aliphatic rings. The van der Waals surface area contributed by atoms with Gasteiger partial charge in [0.1, 0.15) is 0 Å². The molecule has 1 atom stereocenters. The standard InChI is InChI=1S/C12H19N3OS/c1-2-5-10(13)12-14-11(15-16-12)8-17-9-6-3-4-7-9/h2,9-10H,1,3-8,13H2. The van der Waals surface area contributed by atoms with Gasteiger partial charge in [-0.1, -0.05) is 24.1 Å². The van der Waals surface area contributed by atoms with Gasteiger partial charge in [-0.2, -0.15) is 16.7 Å². The van der Waals surface area contributed by atoms with E-state index in [9.17, 15) is 0 Å². The lowest BCUT2D eigenvalue weighted by molar-refractivity contribution is 0.352. The zero-order chi connectivity index (χ0) is 12.1. The second-order valence-corrected chi connectivity index (χ2v) is 5.69. The Labute approximate surface area is 106 Å². The summed E-state index contributed by atoms with van der Waals surface area (Å²) in [6.45, 7) is 3.65. The summed E-state index contributed by atoms with van der Waals surface area (Å²) >= 11 is 1.93. The van der Waals surface area contributed by atoms with E-state index in [0.717, 1.165) is 16.8 Å². The average molecular weight is 253 g/mol. The Morgan fingerprint density at radius 3 is 3.00 bits per heavy atom. The first kappa shape index (κ1) is 12.6. The van der Waals surface area contributed by atoms with Crippen molar-refractivity contribution in [3.63, 3.8) is 0 Å². The third kappa shape index (κ3) is 3.57. The first-order valence-corrected chi connectivity index (χ1v) is 7.15. The van der Waals surface area contributed by atoms with Crippen molar-refractivity contribution < 1.29 is 4.52 Å². The van der Waals surface area contributed by atoms with Crippen LogP contribution in [0, 0.1) is 0 Å². The maximum Gasteiger partial charge on any atom is 0.243 e. The molecule has 0 bridgehead atoms. The minimum Gasteiger partial charge on any atom is -0.338 e. The predicted molar refractivity (Wildman–Crippen MR) is 69.6 cm³/mol. The highest BCUT2D eigenvalue weighted by Crippen LogP contribution is 2.31. The van der Waals surface area contributed by atoms with Crippen LogP contribution in [-0.4, -0.2) is 15.4 Å². The molecule has 0 saturated heterocycles. The third-order valence-corrected chi connectivity index (χ3v) is 4.34. The maximum absolute atomic E-state index is 5.86. The Morgan fingerprint density at radius 1 is 1.53 bits per heavy atom. The summed E-state index contributed by atoms with van der Waals surface area (Å²) in [5, 5.41) is 4.74. The van der Waals surface area contributed by atoms with Crippen LogP contribution in [0.3, 0.4) is 0 Å². The van der Waals surface area contributed by atoms with Crippen LogP contribution < -0.4 is 5.73 Å². The van der Waals surface area contributed by atoms with Crippen molar-refractivity contribution in [2.24, 2.45) is 5.73 Å². The fourth-order valence-corrected chi connectivity index (χ4v) is 3.17. The molecular weight excluding hydrogens is 234 g/mol. The van der Waals surface area contributed by atoms with E-state index in [1.807, 2.05) is 11.8 Å². The van der Waals surface area contributed by atoms with Crippen molar-refractivity contribution in [3.8, 4) is 0 Å². The van der Waals surface area contributed by atoms with E-state index in [2.05, 4.69) is 16.7 Å². The summed E-state index contributed by atoms with van der Waals surface area (Å²) in [6, 6.07) is -0.217. The Hall–Kier alpha value is -0.810. The number of hydrogen-bond acceptors (Lipinski definition) is 5. The van der Waals surface area contributed by atoms with Crippen molar-refractivity contribution in [2.45, 2.75) is 49.1 Å². The van der Waals surface area contributed by atoms with Crippen molar-refractivity contribution in [3.05, 3.63) is 24.4 Å². The molecule has 0 radical (unpaired) electrons. The van der Waals surface area contributed by atoms with E-state index in [0.29, 0.717) is 12.3 Å². The van der Waals surface area contributed by atoms with E-state index < -0.39 is 0 Å². The summed E-state index contributed by atoms with van der Waals surface area (Å²) < 4.78 is 5.15. The first-order valence-electron chi connectivity index (χ1n) is 6.10. The molecule has 94 valence electrons. The normalized spacial score (nSPS) is 18.4. The molecule has 5 heteroatoms. The van der Waals surface area contributed by atoms with Gasteiger partial charge in [0.05, 0.1) is 11.8 Å². The molecule has 1 saturated carbocycles. The topological polar surface area (TPSA) is 64.9 Å². The molecule has 17 heavy (non-hydrogen) atoms. The summed E-state index contributed by atoms with van der Waals surface area (Å²) in [6.07, 6.45) is 7.80. The number of nitrogens with zero attached hydrogens (tertiary/aromatic N) is 2.